The van der Waals surface area contributed by atoms with E-state index in [-0.39, 0.29) is 5.91 Å². The maximum atomic E-state index is 12.2. The molecule has 0 unspecified atom stereocenters. The van der Waals surface area contributed by atoms with Crippen LogP contribution in [0, 0.1) is 3.57 Å². The molecule has 4 nitrogen and oxygen atoms in total. The van der Waals surface area contributed by atoms with Crippen molar-refractivity contribution in [3.05, 3.63) is 69.6 Å². The van der Waals surface area contributed by atoms with Gasteiger partial charge in [-0.15, -0.1) is 0 Å². The summed E-state index contributed by atoms with van der Waals surface area (Å²) in [6.07, 6.45) is 3.58. The second-order valence-corrected chi connectivity index (χ2v) is 5.57. The van der Waals surface area contributed by atoms with Crippen molar-refractivity contribution in [2.75, 3.05) is 0 Å². The standard InChI is InChI=1S/C15H12IN3O/c16-13-10-18-19-7-6-12(8-14(13)19)15(20)17-9-11-4-2-1-3-5-11/h1-8,10H,9H2,(H,17,20). The topological polar surface area (TPSA) is 46.4 Å². The van der Waals surface area contributed by atoms with E-state index in [4.69, 9.17) is 0 Å². The largest absolute Gasteiger partial charge is 0.348 e. The summed E-state index contributed by atoms with van der Waals surface area (Å²) >= 11 is 2.21. The molecule has 100 valence electrons. The molecule has 0 bridgehead atoms. The Hall–Kier alpha value is -1.89. The molecule has 1 amide bonds. The average molecular weight is 377 g/mol. The van der Waals surface area contributed by atoms with E-state index in [1.54, 1.807) is 23.0 Å². The summed E-state index contributed by atoms with van der Waals surface area (Å²) in [6.45, 7) is 0.529. The predicted octanol–water partition coefficient (Wildman–Crippen LogP) is 2.87. The van der Waals surface area contributed by atoms with Crippen LogP contribution in [0.2, 0.25) is 0 Å². The average Bonchev–Trinajstić information content (AvgIpc) is 2.87. The molecule has 2 heterocycles. The molecule has 0 radical (unpaired) electrons. The first kappa shape index (κ1) is 13.1. The first-order chi connectivity index (χ1) is 9.74. The molecule has 0 saturated carbocycles. The molecule has 2 aromatic heterocycles. The van der Waals surface area contributed by atoms with E-state index in [9.17, 15) is 4.79 Å². The van der Waals surface area contributed by atoms with Crippen molar-refractivity contribution in [1.29, 1.82) is 0 Å². The lowest BCUT2D eigenvalue weighted by Crippen LogP contribution is -2.22. The molecular formula is C15H12IN3O. The van der Waals surface area contributed by atoms with Crippen molar-refractivity contribution in [3.63, 3.8) is 0 Å². The minimum atomic E-state index is -0.0756. The fourth-order valence-electron chi connectivity index (χ4n) is 1.97. The Balaban J connectivity index is 1.77. The number of benzene rings is 1. The quantitative estimate of drug-likeness (QED) is 0.714. The highest BCUT2D eigenvalue weighted by Crippen LogP contribution is 2.14. The number of hydrogen-bond donors (Lipinski definition) is 1. The summed E-state index contributed by atoms with van der Waals surface area (Å²) < 4.78 is 2.79. The Labute approximate surface area is 129 Å². The van der Waals surface area contributed by atoms with Crippen LogP contribution in [0.15, 0.2) is 54.9 Å². The number of hydrogen-bond acceptors (Lipinski definition) is 2. The van der Waals surface area contributed by atoms with Gasteiger partial charge in [0.15, 0.2) is 0 Å². The number of halogens is 1. The van der Waals surface area contributed by atoms with Crippen molar-refractivity contribution >= 4 is 34.0 Å². The lowest BCUT2D eigenvalue weighted by molar-refractivity contribution is 0.0951. The maximum Gasteiger partial charge on any atom is 0.251 e. The molecule has 0 spiro atoms. The Morgan fingerprint density at radius 3 is 2.85 bits per heavy atom. The number of fused-ring (bicyclic) bond motifs is 1. The normalized spacial score (nSPS) is 10.7. The first-order valence-corrected chi connectivity index (χ1v) is 7.27. The van der Waals surface area contributed by atoms with Crippen molar-refractivity contribution in [3.8, 4) is 0 Å². The van der Waals surface area contributed by atoms with Gasteiger partial charge >= 0.3 is 0 Å². The van der Waals surface area contributed by atoms with Gasteiger partial charge in [0.1, 0.15) is 0 Å². The van der Waals surface area contributed by atoms with Gasteiger partial charge in [-0.05, 0) is 40.3 Å². The number of aromatic nitrogens is 2. The van der Waals surface area contributed by atoms with Gasteiger partial charge in [0, 0.05) is 18.3 Å². The van der Waals surface area contributed by atoms with E-state index in [0.717, 1.165) is 14.7 Å². The number of amides is 1. The van der Waals surface area contributed by atoms with E-state index < -0.39 is 0 Å². The summed E-state index contributed by atoms with van der Waals surface area (Å²) in [7, 11) is 0. The predicted molar refractivity (Wildman–Crippen MR) is 85.5 cm³/mol. The zero-order chi connectivity index (χ0) is 13.9. The van der Waals surface area contributed by atoms with Gasteiger partial charge in [0.2, 0.25) is 0 Å². The second kappa shape index (κ2) is 5.62. The van der Waals surface area contributed by atoms with Crippen LogP contribution < -0.4 is 5.32 Å². The van der Waals surface area contributed by atoms with Gasteiger partial charge in [-0.25, -0.2) is 4.52 Å². The molecule has 0 atom stereocenters. The smallest absolute Gasteiger partial charge is 0.251 e. The van der Waals surface area contributed by atoms with Crippen LogP contribution in [0.4, 0.5) is 0 Å². The lowest BCUT2D eigenvalue weighted by Gasteiger charge is -2.06. The summed E-state index contributed by atoms with van der Waals surface area (Å²) in [5.74, 6) is -0.0756. The molecule has 5 heteroatoms. The summed E-state index contributed by atoms with van der Waals surface area (Å²) in [6, 6.07) is 13.5. The van der Waals surface area contributed by atoms with Crippen LogP contribution >= 0.6 is 22.6 Å². The number of rotatable bonds is 3. The monoisotopic (exact) mass is 377 g/mol. The fourth-order valence-corrected chi connectivity index (χ4v) is 2.50. The van der Waals surface area contributed by atoms with E-state index >= 15 is 0 Å². The molecule has 1 N–H and O–H groups in total. The summed E-state index contributed by atoms with van der Waals surface area (Å²) in [5.41, 5.74) is 2.67. The van der Waals surface area contributed by atoms with E-state index in [1.807, 2.05) is 36.4 Å². The molecule has 3 aromatic rings. The highest BCUT2D eigenvalue weighted by Gasteiger charge is 2.08. The van der Waals surface area contributed by atoms with E-state index in [0.29, 0.717) is 12.1 Å². The van der Waals surface area contributed by atoms with Crippen LogP contribution in [0.5, 0.6) is 0 Å². The Morgan fingerprint density at radius 2 is 2.05 bits per heavy atom. The molecule has 0 aliphatic heterocycles. The zero-order valence-electron chi connectivity index (χ0n) is 10.6. The van der Waals surface area contributed by atoms with Gasteiger partial charge in [-0.2, -0.15) is 5.10 Å². The van der Waals surface area contributed by atoms with Gasteiger partial charge in [-0.1, -0.05) is 30.3 Å². The van der Waals surface area contributed by atoms with Gasteiger partial charge in [0.05, 0.1) is 15.3 Å². The second-order valence-electron chi connectivity index (χ2n) is 4.41. The number of carbonyl (C=O) groups is 1. The maximum absolute atomic E-state index is 12.2. The number of nitrogens with one attached hydrogen (secondary N) is 1. The molecule has 0 saturated heterocycles. The van der Waals surface area contributed by atoms with Crippen LogP contribution in [0.25, 0.3) is 5.52 Å². The number of pyridine rings is 1. The van der Waals surface area contributed by atoms with Crippen LogP contribution in [-0.2, 0) is 6.54 Å². The van der Waals surface area contributed by atoms with Crippen molar-refractivity contribution in [2.45, 2.75) is 6.54 Å². The Bertz CT molecular complexity index is 752. The number of carbonyl (C=O) groups excluding carboxylic acids is 1. The number of nitrogens with zero attached hydrogens (tertiary/aromatic N) is 2. The molecule has 3 rings (SSSR count). The molecule has 1 aromatic carbocycles. The van der Waals surface area contributed by atoms with Gasteiger partial charge in [0.25, 0.3) is 5.91 Å². The summed E-state index contributed by atoms with van der Waals surface area (Å²) in [5, 5.41) is 7.11. The molecular weight excluding hydrogens is 365 g/mol. The zero-order valence-corrected chi connectivity index (χ0v) is 12.7. The fraction of sp³-hybridized carbons (Fsp3) is 0.0667. The van der Waals surface area contributed by atoms with E-state index in [2.05, 4.69) is 33.0 Å². The van der Waals surface area contributed by atoms with Crippen molar-refractivity contribution < 1.29 is 4.79 Å². The third-order valence-electron chi connectivity index (χ3n) is 3.03. The molecule has 0 fully saturated rings. The molecule has 20 heavy (non-hydrogen) atoms. The van der Waals surface area contributed by atoms with Crippen LogP contribution in [-0.4, -0.2) is 15.5 Å². The Kier molecular flexibility index (Phi) is 3.68. The Morgan fingerprint density at radius 1 is 1.25 bits per heavy atom. The van der Waals surface area contributed by atoms with Gasteiger partial charge < -0.3 is 5.32 Å². The SMILES string of the molecule is O=C(NCc1ccccc1)c1ccn2ncc(I)c2c1. The minimum Gasteiger partial charge on any atom is -0.348 e. The molecule has 0 aliphatic carbocycles. The highest BCUT2D eigenvalue weighted by atomic mass is 127. The third kappa shape index (κ3) is 2.67. The lowest BCUT2D eigenvalue weighted by atomic mass is 10.2. The minimum absolute atomic E-state index is 0.0756. The third-order valence-corrected chi connectivity index (χ3v) is 3.86. The first-order valence-electron chi connectivity index (χ1n) is 6.19. The molecule has 0 aliphatic rings. The highest BCUT2D eigenvalue weighted by molar-refractivity contribution is 14.1. The van der Waals surface area contributed by atoms with Crippen molar-refractivity contribution in [1.82, 2.24) is 14.9 Å². The van der Waals surface area contributed by atoms with Gasteiger partial charge in [-0.3, -0.25) is 4.79 Å². The summed E-state index contributed by atoms with van der Waals surface area (Å²) in [4.78, 5) is 12.2. The van der Waals surface area contributed by atoms with Crippen LogP contribution in [0.1, 0.15) is 15.9 Å². The van der Waals surface area contributed by atoms with Crippen molar-refractivity contribution in [2.24, 2.45) is 0 Å². The van der Waals surface area contributed by atoms with E-state index in [1.165, 1.54) is 0 Å². The van der Waals surface area contributed by atoms with Crippen LogP contribution in [0.3, 0.4) is 0 Å².